The van der Waals surface area contributed by atoms with Crippen molar-refractivity contribution in [3.63, 3.8) is 0 Å². The van der Waals surface area contributed by atoms with Crippen molar-refractivity contribution in [2.75, 3.05) is 10.6 Å². The van der Waals surface area contributed by atoms with Crippen LogP contribution in [0.25, 0.3) is 0 Å². The third-order valence-corrected chi connectivity index (χ3v) is 3.16. The van der Waals surface area contributed by atoms with Crippen LogP contribution in [0.1, 0.15) is 25.3 Å². The van der Waals surface area contributed by atoms with E-state index < -0.39 is 0 Å². The first-order valence-corrected chi connectivity index (χ1v) is 6.90. The van der Waals surface area contributed by atoms with Crippen LogP contribution in [-0.4, -0.2) is 5.11 Å². The average Bonchev–Trinajstić information content (AvgIpc) is 2.41. The van der Waals surface area contributed by atoms with E-state index in [1.54, 1.807) is 18.2 Å². The minimum Gasteiger partial charge on any atom is -0.332 e. The van der Waals surface area contributed by atoms with Crippen molar-refractivity contribution in [3.05, 3.63) is 59.9 Å². The molecule has 0 fully saturated rings. The quantitative estimate of drug-likeness (QED) is 0.796. The van der Waals surface area contributed by atoms with Gasteiger partial charge < -0.3 is 10.6 Å². The first kappa shape index (κ1) is 14.5. The summed E-state index contributed by atoms with van der Waals surface area (Å²) in [5.41, 5.74) is 2.48. The molecule has 0 saturated carbocycles. The maximum atomic E-state index is 13.5. The Kier molecular flexibility index (Phi) is 4.69. The molecule has 0 aliphatic carbocycles. The number of benzene rings is 2. The Bertz CT molecular complexity index is 611. The van der Waals surface area contributed by atoms with Gasteiger partial charge in [-0.25, -0.2) is 4.39 Å². The van der Waals surface area contributed by atoms with Crippen molar-refractivity contribution in [1.29, 1.82) is 0 Å². The van der Waals surface area contributed by atoms with Gasteiger partial charge in [-0.3, -0.25) is 0 Å². The van der Waals surface area contributed by atoms with Crippen LogP contribution >= 0.6 is 12.2 Å². The molecule has 0 aliphatic heterocycles. The zero-order valence-corrected chi connectivity index (χ0v) is 12.3. The van der Waals surface area contributed by atoms with Gasteiger partial charge in [-0.15, -0.1) is 0 Å². The van der Waals surface area contributed by atoms with Gasteiger partial charge in [0.25, 0.3) is 0 Å². The first-order chi connectivity index (χ1) is 9.58. The van der Waals surface area contributed by atoms with Crippen molar-refractivity contribution in [2.24, 2.45) is 0 Å². The van der Waals surface area contributed by atoms with Gasteiger partial charge in [0, 0.05) is 5.69 Å². The lowest BCUT2D eigenvalue weighted by Gasteiger charge is -2.16. The van der Waals surface area contributed by atoms with Crippen molar-refractivity contribution >= 4 is 28.7 Å². The Morgan fingerprint density at radius 2 is 1.50 bits per heavy atom. The minimum atomic E-state index is -0.325. The highest BCUT2D eigenvalue weighted by Crippen LogP contribution is 2.24. The number of halogens is 1. The summed E-state index contributed by atoms with van der Waals surface area (Å²) in [5.74, 6) is 0.0590. The van der Waals surface area contributed by atoms with Crippen molar-refractivity contribution in [3.8, 4) is 0 Å². The molecule has 0 atom stereocenters. The van der Waals surface area contributed by atoms with E-state index >= 15 is 0 Å². The Labute approximate surface area is 124 Å². The van der Waals surface area contributed by atoms with Gasteiger partial charge in [-0.2, -0.15) is 0 Å². The lowest BCUT2D eigenvalue weighted by molar-refractivity contribution is 0.632. The van der Waals surface area contributed by atoms with Crippen LogP contribution in [0, 0.1) is 5.82 Å². The number of thiocarbonyl (C=S) groups is 1. The monoisotopic (exact) mass is 288 g/mol. The molecule has 0 aliphatic rings. The van der Waals surface area contributed by atoms with Gasteiger partial charge in [0.2, 0.25) is 0 Å². The Balaban J connectivity index is 2.11. The van der Waals surface area contributed by atoms with Crippen LogP contribution in [0.2, 0.25) is 0 Å². The van der Waals surface area contributed by atoms with Crippen LogP contribution in [0.15, 0.2) is 48.5 Å². The molecule has 0 amide bonds. The molecule has 0 heterocycles. The number of nitrogens with one attached hydrogen (secondary N) is 2. The largest absolute Gasteiger partial charge is 0.332 e. The van der Waals surface area contributed by atoms with Crippen LogP contribution in [0.4, 0.5) is 15.8 Å². The molecule has 2 N–H and O–H groups in total. The van der Waals surface area contributed by atoms with Crippen LogP contribution in [0.3, 0.4) is 0 Å². The normalized spacial score (nSPS) is 10.4. The zero-order valence-electron chi connectivity index (χ0n) is 11.5. The molecule has 20 heavy (non-hydrogen) atoms. The Morgan fingerprint density at radius 3 is 2.15 bits per heavy atom. The highest BCUT2D eigenvalue weighted by molar-refractivity contribution is 7.80. The molecule has 0 bridgehead atoms. The molecule has 4 heteroatoms. The highest BCUT2D eigenvalue weighted by atomic mass is 32.1. The van der Waals surface area contributed by atoms with Gasteiger partial charge in [0.05, 0.1) is 5.69 Å². The molecule has 0 radical (unpaired) electrons. The molecule has 0 unspecified atom stereocenters. The highest BCUT2D eigenvalue weighted by Gasteiger charge is 2.08. The fourth-order valence-corrected chi connectivity index (χ4v) is 2.17. The molecular formula is C16H17FN2S. The molecule has 2 nitrogen and oxygen atoms in total. The smallest absolute Gasteiger partial charge is 0.175 e. The van der Waals surface area contributed by atoms with Gasteiger partial charge in [-0.1, -0.05) is 44.2 Å². The van der Waals surface area contributed by atoms with Crippen molar-refractivity contribution in [2.45, 2.75) is 19.8 Å². The Morgan fingerprint density at radius 1 is 0.950 bits per heavy atom. The van der Waals surface area contributed by atoms with Crippen molar-refractivity contribution < 1.29 is 4.39 Å². The maximum absolute atomic E-state index is 13.5. The van der Waals surface area contributed by atoms with E-state index in [0.717, 1.165) is 5.69 Å². The summed E-state index contributed by atoms with van der Waals surface area (Å²) in [7, 11) is 0. The summed E-state index contributed by atoms with van der Waals surface area (Å²) in [6, 6.07) is 14.4. The van der Waals surface area contributed by atoms with E-state index in [-0.39, 0.29) is 5.82 Å². The number of anilines is 2. The topological polar surface area (TPSA) is 24.1 Å². The summed E-state index contributed by atoms with van der Waals surface area (Å²) in [6.45, 7) is 4.24. The SMILES string of the molecule is CC(C)c1ccccc1NC(=S)Nc1ccccc1F. The molecular weight excluding hydrogens is 271 g/mol. The fourth-order valence-electron chi connectivity index (χ4n) is 1.95. The summed E-state index contributed by atoms with van der Waals surface area (Å²) in [5, 5.41) is 6.37. The fraction of sp³-hybridized carbons (Fsp3) is 0.188. The van der Waals surface area contributed by atoms with E-state index in [4.69, 9.17) is 12.2 Å². The molecule has 104 valence electrons. The average molecular weight is 288 g/mol. The van der Waals surface area contributed by atoms with E-state index in [9.17, 15) is 4.39 Å². The van der Waals surface area contributed by atoms with Gasteiger partial charge in [-0.05, 0) is 41.9 Å². The van der Waals surface area contributed by atoms with Gasteiger partial charge in [0.15, 0.2) is 5.11 Å². The van der Waals surface area contributed by atoms with Crippen molar-refractivity contribution in [1.82, 2.24) is 0 Å². The lowest BCUT2D eigenvalue weighted by atomic mass is 10.0. The number of hydrogen-bond acceptors (Lipinski definition) is 1. The lowest BCUT2D eigenvalue weighted by Crippen LogP contribution is -2.20. The molecule has 2 aromatic carbocycles. The standard InChI is InChI=1S/C16H17FN2S/c1-11(2)12-7-3-5-9-14(12)18-16(20)19-15-10-6-4-8-13(15)17/h3-11H,1-2H3,(H2,18,19,20). The minimum absolute atomic E-state index is 0.325. The maximum Gasteiger partial charge on any atom is 0.175 e. The van der Waals surface area contributed by atoms with E-state index in [1.807, 2.05) is 18.2 Å². The van der Waals surface area contributed by atoms with E-state index in [0.29, 0.717) is 16.7 Å². The third-order valence-electron chi connectivity index (χ3n) is 2.95. The predicted octanol–water partition coefficient (Wildman–Crippen LogP) is 4.76. The molecule has 0 aromatic heterocycles. The van der Waals surface area contributed by atoms with Crippen LogP contribution in [-0.2, 0) is 0 Å². The predicted molar refractivity (Wildman–Crippen MR) is 86.8 cm³/mol. The zero-order chi connectivity index (χ0) is 14.5. The second-order valence-corrected chi connectivity index (χ2v) is 5.21. The molecule has 2 aromatic rings. The van der Waals surface area contributed by atoms with Crippen LogP contribution < -0.4 is 10.6 Å². The van der Waals surface area contributed by atoms with Gasteiger partial charge in [0.1, 0.15) is 5.82 Å². The second kappa shape index (κ2) is 6.48. The second-order valence-electron chi connectivity index (χ2n) is 4.80. The molecule has 0 saturated heterocycles. The summed E-state index contributed by atoms with van der Waals surface area (Å²) < 4.78 is 13.5. The van der Waals surface area contributed by atoms with E-state index in [1.165, 1.54) is 11.6 Å². The number of para-hydroxylation sites is 2. The third kappa shape index (κ3) is 3.54. The summed E-state index contributed by atoms with van der Waals surface area (Å²) >= 11 is 5.23. The number of rotatable bonds is 3. The molecule has 0 spiro atoms. The summed E-state index contributed by atoms with van der Waals surface area (Å²) in [4.78, 5) is 0. The first-order valence-electron chi connectivity index (χ1n) is 6.49. The van der Waals surface area contributed by atoms with Gasteiger partial charge >= 0.3 is 0 Å². The number of hydrogen-bond donors (Lipinski definition) is 2. The van der Waals surface area contributed by atoms with Crippen LogP contribution in [0.5, 0.6) is 0 Å². The van der Waals surface area contributed by atoms with E-state index in [2.05, 4.69) is 30.5 Å². The molecule has 2 rings (SSSR count). The summed E-state index contributed by atoms with van der Waals surface area (Å²) in [6.07, 6.45) is 0. The Hall–Kier alpha value is -1.94.